The molecule has 0 unspecified atom stereocenters. The van der Waals surface area contributed by atoms with Crippen LogP contribution in [0, 0.1) is 17.0 Å². The number of hydrogen-bond donors (Lipinski definition) is 2. The van der Waals surface area contributed by atoms with Crippen LogP contribution in [0.1, 0.15) is 18.4 Å². The molecule has 0 aromatic heterocycles. The Morgan fingerprint density at radius 3 is 2.59 bits per heavy atom. The summed E-state index contributed by atoms with van der Waals surface area (Å²) in [7, 11) is -2.73. The average molecular weight is 396 g/mol. The molecule has 0 amide bonds. The minimum atomic E-state index is -3.93. The van der Waals surface area contributed by atoms with Crippen LogP contribution in [0.4, 0.5) is 5.69 Å². The zero-order valence-corrected chi connectivity index (χ0v) is 14.7. The number of ether oxygens (including phenoxy) is 1. The summed E-state index contributed by atoms with van der Waals surface area (Å²) in [5.41, 5.74) is 5.27. The van der Waals surface area contributed by atoms with Crippen molar-refractivity contribution in [3.05, 3.63) is 26.2 Å². The normalized spacial score (nSPS) is 11.5. The van der Waals surface area contributed by atoms with Gasteiger partial charge in [-0.25, -0.2) is 13.1 Å². The first-order valence-corrected chi connectivity index (χ1v) is 8.75. The molecule has 10 heteroatoms. The van der Waals surface area contributed by atoms with Crippen LogP contribution in [0.2, 0.25) is 0 Å². The molecule has 0 bridgehead atoms. The molecule has 0 aliphatic heterocycles. The van der Waals surface area contributed by atoms with E-state index < -0.39 is 14.9 Å². The van der Waals surface area contributed by atoms with Gasteiger partial charge in [-0.2, -0.15) is 0 Å². The lowest BCUT2D eigenvalue weighted by Crippen LogP contribution is -2.26. The van der Waals surface area contributed by atoms with Gasteiger partial charge in [-0.1, -0.05) is 15.9 Å². The highest BCUT2D eigenvalue weighted by molar-refractivity contribution is 9.10. The van der Waals surface area contributed by atoms with Crippen LogP contribution >= 0.6 is 15.9 Å². The highest BCUT2D eigenvalue weighted by Crippen LogP contribution is 2.40. The van der Waals surface area contributed by atoms with Crippen molar-refractivity contribution in [2.24, 2.45) is 5.73 Å². The van der Waals surface area contributed by atoms with Crippen molar-refractivity contribution in [2.45, 2.75) is 24.7 Å². The summed E-state index contributed by atoms with van der Waals surface area (Å²) >= 11 is 3.15. The van der Waals surface area contributed by atoms with Crippen molar-refractivity contribution in [1.82, 2.24) is 4.72 Å². The smallest absolute Gasteiger partial charge is 0.316 e. The van der Waals surface area contributed by atoms with Gasteiger partial charge in [-0.15, -0.1) is 0 Å². The molecule has 0 spiro atoms. The van der Waals surface area contributed by atoms with Crippen LogP contribution in [0.5, 0.6) is 5.75 Å². The first-order chi connectivity index (χ1) is 10.3. The molecule has 1 rings (SSSR count). The third-order valence-corrected chi connectivity index (χ3v) is 5.30. The lowest BCUT2D eigenvalue weighted by Gasteiger charge is -2.13. The largest absolute Gasteiger partial charge is 0.489 e. The number of hydrogen-bond acceptors (Lipinski definition) is 6. The van der Waals surface area contributed by atoms with Gasteiger partial charge < -0.3 is 10.5 Å². The van der Waals surface area contributed by atoms with Crippen molar-refractivity contribution in [3.63, 3.8) is 0 Å². The number of nitrogens with zero attached hydrogens (tertiary/aromatic N) is 1. The number of nitrogens with one attached hydrogen (secondary N) is 1. The highest BCUT2D eigenvalue weighted by Gasteiger charge is 2.30. The fraction of sp³-hybridized carbons (Fsp3) is 0.500. The topological polar surface area (TPSA) is 125 Å². The fourth-order valence-corrected chi connectivity index (χ4v) is 3.69. The van der Waals surface area contributed by atoms with Gasteiger partial charge >= 0.3 is 5.69 Å². The lowest BCUT2D eigenvalue weighted by molar-refractivity contribution is -0.386. The third-order valence-electron chi connectivity index (χ3n) is 3.01. The number of sulfonamides is 1. The predicted molar refractivity (Wildman–Crippen MR) is 85.6 cm³/mol. The van der Waals surface area contributed by atoms with E-state index >= 15 is 0 Å². The molecule has 0 fully saturated rings. The van der Waals surface area contributed by atoms with Crippen molar-refractivity contribution in [2.75, 3.05) is 20.2 Å². The second kappa shape index (κ2) is 7.86. The molecule has 0 aliphatic rings. The van der Waals surface area contributed by atoms with E-state index in [0.717, 1.165) is 0 Å². The zero-order chi connectivity index (χ0) is 16.9. The Morgan fingerprint density at radius 2 is 2.09 bits per heavy atom. The molecule has 1 aromatic rings. The van der Waals surface area contributed by atoms with Crippen LogP contribution in [-0.4, -0.2) is 33.5 Å². The standard InChI is InChI=1S/C12H18BrN3O5S/c1-8-9(13)7-10(12(21-2)11(8)16(17)18)22(19,20)15-6-4-3-5-14/h7,15H,3-6,14H2,1-2H3. The van der Waals surface area contributed by atoms with Crippen molar-refractivity contribution in [1.29, 1.82) is 0 Å². The molecular formula is C12H18BrN3O5S. The Labute approximate surface area is 137 Å². The number of unbranched alkanes of at least 4 members (excludes halogenated alkanes) is 1. The van der Waals surface area contributed by atoms with Gasteiger partial charge in [0.2, 0.25) is 15.8 Å². The van der Waals surface area contributed by atoms with E-state index in [0.29, 0.717) is 29.4 Å². The maximum Gasteiger partial charge on any atom is 0.316 e. The number of halogens is 1. The minimum absolute atomic E-state index is 0.196. The molecule has 1 aromatic carbocycles. The molecule has 22 heavy (non-hydrogen) atoms. The van der Waals surface area contributed by atoms with E-state index in [1.54, 1.807) is 0 Å². The number of benzene rings is 1. The summed E-state index contributed by atoms with van der Waals surface area (Å²) in [5, 5.41) is 11.2. The van der Waals surface area contributed by atoms with Gasteiger partial charge in [-0.05, 0) is 32.4 Å². The fourth-order valence-electron chi connectivity index (χ4n) is 1.86. The second-order valence-electron chi connectivity index (χ2n) is 4.51. The molecule has 0 saturated carbocycles. The number of rotatable bonds is 8. The van der Waals surface area contributed by atoms with Gasteiger partial charge in [0.05, 0.1) is 12.0 Å². The van der Waals surface area contributed by atoms with Crippen molar-refractivity contribution in [3.8, 4) is 5.75 Å². The molecule has 8 nitrogen and oxygen atoms in total. The molecular weight excluding hydrogens is 378 g/mol. The second-order valence-corrected chi connectivity index (χ2v) is 7.10. The number of nitro groups is 1. The Hall–Kier alpha value is -1.23. The first kappa shape index (κ1) is 18.8. The molecule has 3 N–H and O–H groups in total. The molecule has 124 valence electrons. The maximum atomic E-state index is 12.3. The van der Waals surface area contributed by atoms with Crippen LogP contribution in [0.15, 0.2) is 15.4 Å². The Bertz CT molecular complexity index is 663. The Kier molecular flexibility index (Phi) is 6.72. The average Bonchev–Trinajstić information content (AvgIpc) is 2.45. The first-order valence-electron chi connectivity index (χ1n) is 6.47. The van der Waals surface area contributed by atoms with Crippen molar-refractivity contribution >= 4 is 31.6 Å². The third kappa shape index (κ3) is 4.15. The highest BCUT2D eigenvalue weighted by atomic mass is 79.9. The van der Waals surface area contributed by atoms with E-state index in [1.165, 1.54) is 20.1 Å². The predicted octanol–water partition coefficient (Wildman–Crippen LogP) is 1.69. The van der Waals surface area contributed by atoms with E-state index in [9.17, 15) is 18.5 Å². The summed E-state index contributed by atoms with van der Waals surface area (Å²) in [6, 6.07) is 1.30. The minimum Gasteiger partial charge on any atom is -0.489 e. The van der Waals surface area contributed by atoms with E-state index in [1.807, 2.05) is 0 Å². The van der Waals surface area contributed by atoms with Crippen molar-refractivity contribution < 1.29 is 18.1 Å². The quantitative estimate of drug-likeness (QED) is 0.391. The molecule has 0 atom stereocenters. The van der Waals surface area contributed by atoms with E-state index in [2.05, 4.69) is 20.7 Å². The maximum absolute atomic E-state index is 12.3. The molecule has 0 saturated heterocycles. The SMILES string of the molecule is COc1c(S(=O)(=O)NCCCCN)cc(Br)c(C)c1[N+](=O)[O-]. The Morgan fingerprint density at radius 1 is 1.45 bits per heavy atom. The van der Waals surface area contributed by atoms with E-state index in [4.69, 9.17) is 10.5 Å². The van der Waals surface area contributed by atoms with Gasteiger partial charge in [-0.3, -0.25) is 10.1 Å². The van der Waals surface area contributed by atoms with Gasteiger partial charge in [0.25, 0.3) is 0 Å². The van der Waals surface area contributed by atoms with Crippen LogP contribution in [-0.2, 0) is 10.0 Å². The molecule has 0 radical (unpaired) electrons. The summed E-state index contributed by atoms with van der Waals surface area (Å²) in [6.45, 7) is 2.17. The number of nitro benzene ring substituents is 1. The zero-order valence-electron chi connectivity index (χ0n) is 12.3. The lowest BCUT2D eigenvalue weighted by atomic mass is 10.2. The molecule has 0 aliphatic carbocycles. The summed E-state index contributed by atoms with van der Waals surface area (Å²) in [6.07, 6.45) is 1.25. The van der Waals surface area contributed by atoms with Gasteiger partial charge in [0.15, 0.2) is 0 Å². The van der Waals surface area contributed by atoms with Gasteiger partial charge in [0.1, 0.15) is 4.90 Å². The van der Waals surface area contributed by atoms with Gasteiger partial charge in [0, 0.05) is 16.6 Å². The van der Waals surface area contributed by atoms with Crippen LogP contribution in [0.3, 0.4) is 0 Å². The van der Waals surface area contributed by atoms with Crippen LogP contribution in [0.25, 0.3) is 0 Å². The number of methoxy groups -OCH3 is 1. The van der Waals surface area contributed by atoms with Crippen LogP contribution < -0.4 is 15.2 Å². The monoisotopic (exact) mass is 395 g/mol. The summed E-state index contributed by atoms with van der Waals surface area (Å²) in [5.74, 6) is -0.281. The van der Waals surface area contributed by atoms with E-state index in [-0.39, 0.29) is 22.9 Å². The molecule has 0 heterocycles. The summed E-state index contributed by atoms with van der Waals surface area (Å²) < 4.78 is 32.4. The number of nitrogens with two attached hydrogens (primary N) is 1. The Balaban J connectivity index is 3.32. The summed E-state index contributed by atoms with van der Waals surface area (Å²) in [4.78, 5) is 10.3.